The van der Waals surface area contributed by atoms with Crippen LogP contribution in [0.15, 0.2) is 42.2 Å². The lowest BCUT2D eigenvalue weighted by molar-refractivity contribution is 0.148. The molecule has 146 valence electrons. The molecule has 0 bridgehead atoms. The van der Waals surface area contributed by atoms with E-state index >= 15 is 0 Å². The predicted molar refractivity (Wildman–Crippen MR) is 111 cm³/mol. The Kier molecular flexibility index (Phi) is 7.83. The largest absolute Gasteiger partial charge is 0.542 e. The van der Waals surface area contributed by atoms with E-state index in [2.05, 4.69) is 39.3 Å². The molecule has 1 rings (SSSR count). The van der Waals surface area contributed by atoms with Gasteiger partial charge in [0.1, 0.15) is 17.6 Å². The summed E-state index contributed by atoms with van der Waals surface area (Å²) < 4.78 is 29.1. The maximum absolute atomic E-state index is 6.31. The van der Waals surface area contributed by atoms with E-state index in [4.69, 9.17) is 23.1 Å². The van der Waals surface area contributed by atoms with Gasteiger partial charge in [-0.3, -0.25) is 0 Å². The Morgan fingerprint density at radius 3 is 1.88 bits per heavy atom. The second kappa shape index (κ2) is 9.18. The third-order valence-electron chi connectivity index (χ3n) is 3.05. The van der Waals surface area contributed by atoms with Gasteiger partial charge in [-0.2, -0.15) is 0 Å². The minimum absolute atomic E-state index is 0.412. The fraction of sp³-hybridized carbons (Fsp3) is 0.474. The van der Waals surface area contributed by atoms with Crippen molar-refractivity contribution in [3.05, 3.63) is 47.8 Å². The second-order valence-corrected chi connectivity index (χ2v) is 16.6. The number of benzene rings is 1. The van der Waals surface area contributed by atoms with E-state index in [1.54, 1.807) is 27.6 Å². The van der Waals surface area contributed by atoms with Crippen LogP contribution in [-0.4, -0.2) is 38.0 Å². The molecular weight excluding hydrogens is 364 g/mol. The molecule has 26 heavy (non-hydrogen) atoms. The minimum Gasteiger partial charge on any atom is -0.542 e. The summed E-state index contributed by atoms with van der Waals surface area (Å²) in [6.45, 7) is 12.6. The Morgan fingerprint density at radius 2 is 1.42 bits per heavy atom. The molecule has 0 fully saturated rings. The molecule has 0 aliphatic heterocycles. The van der Waals surface area contributed by atoms with Gasteiger partial charge in [0.15, 0.2) is 5.76 Å². The zero-order chi connectivity index (χ0) is 20.0. The van der Waals surface area contributed by atoms with E-state index < -0.39 is 16.6 Å². The van der Waals surface area contributed by atoms with Gasteiger partial charge < -0.3 is 23.1 Å². The van der Waals surface area contributed by atoms with Gasteiger partial charge in [-0.05, 0) is 45.3 Å². The highest BCUT2D eigenvalue weighted by molar-refractivity contribution is 6.70. The predicted octanol–water partition coefficient (Wildman–Crippen LogP) is 5.20. The summed E-state index contributed by atoms with van der Waals surface area (Å²) in [4.78, 5) is 0. The molecule has 7 heteroatoms. The zero-order valence-corrected chi connectivity index (χ0v) is 19.4. The molecule has 1 aromatic rings. The van der Waals surface area contributed by atoms with Crippen molar-refractivity contribution in [2.45, 2.75) is 39.3 Å². The molecule has 0 aromatic heterocycles. The summed E-state index contributed by atoms with van der Waals surface area (Å²) in [6.07, 6.45) is 1.59. The van der Waals surface area contributed by atoms with Gasteiger partial charge in [0.2, 0.25) is 16.6 Å². The Hall–Kier alpha value is -1.87. The van der Waals surface area contributed by atoms with Crippen molar-refractivity contribution >= 4 is 22.2 Å². The first-order valence-corrected chi connectivity index (χ1v) is 15.4. The van der Waals surface area contributed by atoms with Crippen LogP contribution in [0.4, 0.5) is 0 Å². The van der Waals surface area contributed by atoms with Gasteiger partial charge in [-0.25, -0.2) is 0 Å². The smallest absolute Gasteiger partial charge is 0.277 e. The quantitative estimate of drug-likeness (QED) is 0.326. The van der Waals surface area contributed by atoms with Crippen LogP contribution < -0.4 is 4.74 Å². The maximum atomic E-state index is 6.31. The zero-order valence-electron chi connectivity index (χ0n) is 17.4. The monoisotopic (exact) mass is 396 g/mol. The van der Waals surface area contributed by atoms with Crippen LogP contribution in [-0.2, 0) is 18.3 Å². The number of allylic oxidation sites excluding steroid dienone is 1. The van der Waals surface area contributed by atoms with Gasteiger partial charge in [-0.15, -0.1) is 0 Å². The van der Waals surface area contributed by atoms with Crippen molar-refractivity contribution in [3.63, 3.8) is 0 Å². The van der Waals surface area contributed by atoms with Crippen molar-refractivity contribution in [2.24, 2.45) is 0 Å². The van der Waals surface area contributed by atoms with Gasteiger partial charge in [0, 0.05) is 5.56 Å². The Labute approximate surface area is 159 Å². The molecule has 0 amide bonds. The molecule has 0 saturated carbocycles. The van der Waals surface area contributed by atoms with Crippen LogP contribution in [0.1, 0.15) is 5.56 Å². The topological polar surface area (TPSA) is 46.2 Å². The first-order chi connectivity index (χ1) is 12.0. The van der Waals surface area contributed by atoms with E-state index in [1.807, 2.05) is 24.3 Å². The van der Waals surface area contributed by atoms with E-state index in [-0.39, 0.29) is 0 Å². The van der Waals surface area contributed by atoms with E-state index in [0.717, 1.165) is 5.56 Å². The molecule has 0 heterocycles. The van der Waals surface area contributed by atoms with Crippen LogP contribution in [0.25, 0.3) is 5.57 Å². The molecule has 0 atom stereocenters. The lowest BCUT2D eigenvalue weighted by Crippen LogP contribution is -2.28. The molecule has 0 unspecified atom stereocenters. The van der Waals surface area contributed by atoms with Crippen LogP contribution in [0, 0.1) is 0 Å². The third kappa shape index (κ3) is 6.80. The standard InChI is InChI=1S/C19H32O5Si2/c1-20-14-17(23-25(4,5)6)18(19(22-3)24-26(7,8)9)15-12-10-11-13-16(15)21-2/h10-14H,1-9H3. The average molecular weight is 397 g/mol. The van der Waals surface area contributed by atoms with Gasteiger partial charge in [0.25, 0.3) is 5.95 Å². The number of para-hydroxylation sites is 1. The van der Waals surface area contributed by atoms with Crippen molar-refractivity contribution in [3.8, 4) is 5.75 Å². The van der Waals surface area contributed by atoms with Crippen LogP contribution in [0.2, 0.25) is 39.3 Å². The van der Waals surface area contributed by atoms with Crippen molar-refractivity contribution in [1.29, 1.82) is 0 Å². The molecule has 5 nitrogen and oxygen atoms in total. The first-order valence-electron chi connectivity index (χ1n) is 8.55. The summed E-state index contributed by atoms with van der Waals surface area (Å²) in [7, 11) is 0.989. The highest BCUT2D eigenvalue weighted by Gasteiger charge is 2.29. The van der Waals surface area contributed by atoms with Crippen molar-refractivity contribution < 1.29 is 23.1 Å². The number of methoxy groups -OCH3 is 3. The van der Waals surface area contributed by atoms with Crippen LogP contribution in [0.5, 0.6) is 5.75 Å². The Balaban J connectivity index is 3.72. The van der Waals surface area contributed by atoms with Crippen LogP contribution in [0.3, 0.4) is 0 Å². The fourth-order valence-corrected chi connectivity index (χ4v) is 3.79. The molecular formula is C19H32O5Si2. The second-order valence-electron chi connectivity index (χ2n) is 7.71. The maximum Gasteiger partial charge on any atom is 0.277 e. The Morgan fingerprint density at radius 1 is 0.846 bits per heavy atom. The molecule has 0 saturated heterocycles. The number of hydrogen-bond acceptors (Lipinski definition) is 5. The molecule has 0 N–H and O–H groups in total. The molecule has 0 aliphatic carbocycles. The average Bonchev–Trinajstić information content (AvgIpc) is 2.52. The fourth-order valence-electron chi connectivity index (χ4n) is 2.24. The lowest BCUT2D eigenvalue weighted by Gasteiger charge is -2.27. The van der Waals surface area contributed by atoms with E-state index in [1.165, 1.54) is 0 Å². The van der Waals surface area contributed by atoms with Crippen molar-refractivity contribution in [1.82, 2.24) is 0 Å². The van der Waals surface area contributed by atoms with E-state index in [0.29, 0.717) is 23.0 Å². The number of hydrogen-bond donors (Lipinski definition) is 0. The number of rotatable bonds is 9. The van der Waals surface area contributed by atoms with Crippen molar-refractivity contribution in [2.75, 3.05) is 21.3 Å². The molecule has 0 aliphatic rings. The lowest BCUT2D eigenvalue weighted by atomic mass is 10.0. The highest BCUT2D eigenvalue weighted by atomic mass is 28.4. The summed E-state index contributed by atoms with van der Waals surface area (Å²) in [6, 6.07) is 7.72. The van der Waals surface area contributed by atoms with Gasteiger partial charge in [-0.1, -0.05) is 18.2 Å². The first kappa shape index (κ1) is 22.2. The summed E-state index contributed by atoms with van der Waals surface area (Å²) in [5.41, 5.74) is 1.52. The highest BCUT2D eigenvalue weighted by Crippen LogP contribution is 2.36. The third-order valence-corrected chi connectivity index (χ3v) is 4.68. The van der Waals surface area contributed by atoms with Gasteiger partial charge >= 0.3 is 0 Å². The molecule has 0 radical (unpaired) electrons. The summed E-state index contributed by atoms with van der Waals surface area (Å²) in [5.74, 6) is 1.69. The molecule has 0 spiro atoms. The minimum atomic E-state index is -1.93. The molecule has 1 aromatic carbocycles. The summed E-state index contributed by atoms with van der Waals surface area (Å²) in [5, 5.41) is 0. The van der Waals surface area contributed by atoms with Crippen LogP contribution >= 0.6 is 0 Å². The van der Waals surface area contributed by atoms with Gasteiger partial charge in [0.05, 0.1) is 21.3 Å². The normalized spacial score (nSPS) is 13.7. The Bertz CT molecular complexity index is 655. The van der Waals surface area contributed by atoms with E-state index in [9.17, 15) is 0 Å². The summed E-state index contributed by atoms with van der Waals surface area (Å²) >= 11 is 0. The SMILES string of the molecule is COC=C(O[Si](C)(C)C)C(=C(OC)O[Si](C)(C)C)c1ccccc1OC. The number of ether oxygens (including phenoxy) is 3.